The Hall–Kier alpha value is -3.21. The molecule has 1 aliphatic carbocycles. The Morgan fingerprint density at radius 2 is 1.24 bits per heavy atom. The second-order valence-electron chi connectivity index (χ2n) is 9.20. The Labute approximate surface area is 216 Å². The summed E-state index contributed by atoms with van der Waals surface area (Å²) >= 11 is 0. The van der Waals surface area contributed by atoms with E-state index in [1.165, 1.54) is 12.1 Å². The van der Waals surface area contributed by atoms with Gasteiger partial charge in [-0.15, -0.1) is 0 Å². The van der Waals surface area contributed by atoms with E-state index in [4.69, 9.17) is 4.74 Å². The first-order valence-electron chi connectivity index (χ1n) is 11.8. The van der Waals surface area contributed by atoms with Crippen molar-refractivity contribution in [2.75, 3.05) is 0 Å². The summed E-state index contributed by atoms with van der Waals surface area (Å²) in [5.41, 5.74) is -4.21. The average Bonchev–Trinajstić information content (AvgIpc) is 2.87. The van der Waals surface area contributed by atoms with Gasteiger partial charge in [-0.2, -0.15) is 34.8 Å². The fraction of sp³-hybridized carbons (Fsp3) is 0.333. The molecular weight excluding hydrogens is 534 g/mol. The lowest BCUT2D eigenvalue weighted by molar-refractivity contribution is -0.184. The van der Waals surface area contributed by atoms with Gasteiger partial charge in [-0.1, -0.05) is 54.6 Å². The molecule has 204 valence electrons. The third-order valence-corrected chi connectivity index (χ3v) is 7.83. The van der Waals surface area contributed by atoms with Crippen LogP contribution in [0.25, 0.3) is 0 Å². The summed E-state index contributed by atoms with van der Waals surface area (Å²) in [7, 11) is -5.85. The van der Waals surface area contributed by atoms with Crippen molar-refractivity contribution in [3.8, 4) is 11.5 Å². The Morgan fingerprint density at radius 1 is 0.737 bits per heavy atom. The van der Waals surface area contributed by atoms with Crippen molar-refractivity contribution >= 4 is 10.1 Å². The highest BCUT2D eigenvalue weighted by Crippen LogP contribution is 2.50. The van der Waals surface area contributed by atoms with Gasteiger partial charge in [0.1, 0.15) is 18.1 Å². The maximum absolute atomic E-state index is 13.4. The molecule has 11 heteroatoms. The number of hydrogen-bond donors (Lipinski definition) is 0. The first-order valence-corrected chi connectivity index (χ1v) is 13.2. The SMILES string of the molecule is O=S(=O)(Oc1ccc(C2(c3ccc(OCc4ccccc4)cc3)CCC(C(F)(F)F)CC2)cc1)C(F)(F)F. The molecule has 4 rings (SSSR count). The van der Waals surface area contributed by atoms with Crippen molar-refractivity contribution < 1.29 is 43.7 Å². The minimum absolute atomic E-state index is 0.129. The molecule has 0 aliphatic heterocycles. The Morgan fingerprint density at radius 3 is 1.71 bits per heavy atom. The van der Waals surface area contributed by atoms with E-state index in [2.05, 4.69) is 4.18 Å². The Balaban J connectivity index is 1.60. The van der Waals surface area contributed by atoms with Crippen LogP contribution in [0, 0.1) is 5.92 Å². The van der Waals surface area contributed by atoms with E-state index in [0.29, 0.717) is 17.9 Å². The third kappa shape index (κ3) is 6.09. The second kappa shape index (κ2) is 10.5. The molecule has 0 bridgehead atoms. The van der Waals surface area contributed by atoms with Gasteiger partial charge in [0.2, 0.25) is 0 Å². The standard InChI is InChI=1S/C27H24F6O4S/c28-26(29,30)22-14-16-25(17-15-22,21-8-12-24(13-9-21)37-38(34,35)27(31,32)33)20-6-10-23(11-7-20)36-18-19-4-2-1-3-5-19/h1-13,22H,14-18H2. The van der Waals surface area contributed by atoms with E-state index in [9.17, 15) is 34.8 Å². The fourth-order valence-corrected chi connectivity index (χ4v) is 5.26. The van der Waals surface area contributed by atoms with Gasteiger partial charge in [0.05, 0.1) is 5.92 Å². The molecule has 1 fully saturated rings. The largest absolute Gasteiger partial charge is 0.534 e. The zero-order valence-electron chi connectivity index (χ0n) is 19.9. The van der Waals surface area contributed by atoms with Crippen LogP contribution < -0.4 is 8.92 Å². The van der Waals surface area contributed by atoms with Crippen molar-refractivity contribution in [2.45, 2.75) is 49.4 Å². The molecule has 1 aliphatic rings. The molecule has 0 aromatic heterocycles. The lowest BCUT2D eigenvalue weighted by atomic mass is 9.63. The number of ether oxygens (including phenoxy) is 1. The van der Waals surface area contributed by atoms with Crippen molar-refractivity contribution in [1.82, 2.24) is 0 Å². The van der Waals surface area contributed by atoms with E-state index in [0.717, 1.165) is 23.3 Å². The smallest absolute Gasteiger partial charge is 0.489 e. The van der Waals surface area contributed by atoms with Gasteiger partial charge in [-0.25, -0.2) is 0 Å². The molecular formula is C27H24F6O4S. The number of rotatable bonds is 7. The third-order valence-electron chi connectivity index (χ3n) is 6.85. The van der Waals surface area contributed by atoms with E-state index in [1.54, 1.807) is 24.3 Å². The molecule has 1 saturated carbocycles. The first-order chi connectivity index (χ1) is 17.8. The van der Waals surface area contributed by atoms with Gasteiger partial charge in [-0.3, -0.25) is 0 Å². The maximum atomic E-state index is 13.4. The molecule has 0 atom stereocenters. The van der Waals surface area contributed by atoms with Gasteiger partial charge in [0.15, 0.2) is 0 Å². The quantitative estimate of drug-likeness (QED) is 0.171. The molecule has 0 radical (unpaired) electrons. The molecule has 38 heavy (non-hydrogen) atoms. The predicted octanol–water partition coefficient (Wildman–Crippen LogP) is 7.53. The monoisotopic (exact) mass is 558 g/mol. The van der Waals surface area contributed by atoms with Crippen molar-refractivity contribution in [1.29, 1.82) is 0 Å². The lowest BCUT2D eigenvalue weighted by Gasteiger charge is -2.42. The first kappa shape index (κ1) is 27.8. The molecule has 3 aromatic rings. The predicted molar refractivity (Wildman–Crippen MR) is 128 cm³/mol. The van der Waals surface area contributed by atoms with Crippen LogP contribution in [0.5, 0.6) is 11.5 Å². The second-order valence-corrected chi connectivity index (χ2v) is 10.7. The summed E-state index contributed by atoms with van der Waals surface area (Å²) in [4.78, 5) is 0. The summed E-state index contributed by atoms with van der Waals surface area (Å²) in [6.45, 7) is 0.334. The van der Waals surface area contributed by atoms with E-state index in [1.807, 2.05) is 30.3 Å². The Kier molecular flexibility index (Phi) is 7.69. The van der Waals surface area contributed by atoms with E-state index in [-0.39, 0.29) is 25.7 Å². The van der Waals surface area contributed by atoms with Gasteiger partial charge in [0.25, 0.3) is 0 Å². The van der Waals surface area contributed by atoms with Crippen LogP contribution in [0.3, 0.4) is 0 Å². The summed E-state index contributed by atoms with van der Waals surface area (Å²) in [6, 6.07) is 21.4. The van der Waals surface area contributed by atoms with Crippen molar-refractivity contribution in [2.24, 2.45) is 5.92 Å². The normalized spacial score (nSPS) is 20.6. The fourth-order valence-electron chi connectivity index (χ4n) is 4.80. The van der Waals surface area contributed by atoms with Crippen LogP contribution in [0.15, 0.2) is 78.9 Å². The van der Waals surface area contributed by atoms with Gasteiger partial charge < -0.3 is 8.92 Å². The molecule has 0 amide bonds. The molecule has 0 N–H and O–H groups in total. The molecule has 0 heterocycles. The summed E-state index contributed by atoms with van der Waals surface area (Å²) < 4.78 is 111. The highest BCUT2D eigenvalue weighted by atomic mass is 32.2. The van der Waals surface area contributed by atoms with Crippen molar-refractivity contribution in [3.05, 3.63) is 95.6 Å². The highest BCUT2D eigenvalue weighted by Gasteiger charge is 2.49. The average molecular weight is 559 g/mol. The minimum Gasteiger partial charge on any atom is -0.489 e. The molecule has 3 aromatic carbocycles. The number of halogens is 6. The van der Waals surface area contributed by atoms with Crippen molar-refractivity contribution in [3.63, 3.8) is 0 Å². The molecule has 4 nitrogen and oxygen atoms in total. The van der Waals surface area contributed by atoms with Gasteiger partial charge in [-0.05, 0) is 66.6 Å². The van der Waals surface area contributed by atoms with Crippen LogP contribution in [-0.4, -0.2) is 20.1 Å². The maximum Gasteiger partial charge on any atom is 0.534 e. The van der Waals surface area contributed by atoms with Gasteiger partial charge >= 0.3 is 21.8 Å². The molecule has 0 unspecified atom stereocenters. The number of alkyl halides is 6. The number of hydrogen-bond acceptors (Lipinski definition) is 4. The number of benzene rings is 3. The highest BCUT2D eigenvalue weighted by molar-refractivity contribution is 7.88. The zero-order valence-corrected chi connectivity index (χ0v) is 20.7. The summed E-state index contributed by atoms with van der Waals surface area (Å²) in [5, 5.41) is 0. The van der Waals surface area contributed by atoms with Crippen LogP contribution in [-0.2, 0) is 22.1 Å². The summed E-state index contributed by atoms with van der Waals surface area (Å²) in [6.07, 6.45) is -4.30. The van der Waals surface area contributed by atoms with E-state index < -0.39 is 38.9 Å². The van der Waals surface area contributed by atoms with E-state index >= 15 is 0 Å². The van der Waals surface area contributed by atoms with Gasteiger partial charge in [0, 0.05) is 5.41 Å². The Bertz CT molecular complexity index is 1310. The van der Waals surface area contributed by atoms with Crippen LogP contribution >= 0.6 is 0 Å². The van der Waals surface area contributed by atoms with Crippen LogP contribution in [0.2, 0.25) is 0 Å². The minimum atomic E-state index is -5.85. The van der Waals surface area contributed by atoms with Crippen LogP contribution in [0.1, 0.15) is 42.4 Å². The lowest BCUT2D eigenvalue weighted by Crippen LogP contribution is -2.37. The van der Waals surface area contributed by atoms with Crippen LogP contribution in [0.4, 0.5) is 26.3 Å². The summed E-state index contributed by atoms with van der Waals surface area (Å²) in [5.74, 6) is -1.43. The zero-order chi connectivity index (χ0) is 27.6. The molecule has 0 spiro atoms. The topological polar surface area (TPSA) is 52.6 Å². The molecule has 0 saturated heterocycles.